The van der Waals surface area contributed by atoms with E-state index in [9.17, 15) is 0 Å². The standard InChI is InChI=1S/C13H21IN4/c1-8(12(7-16)13(14)17)11(6-15)9(2)18-10-4-3-5-10/h6-8,10,17H,3-5,15-16H2,1-2H3. The number of nitrogens with two attached hydrogens (primary N) is 2. The highest BCUT2D eigenvalue weighted by Crippen LogP contribution is 2.26. The molecule has 0 aromatic rings. The smallest absolute Gasteiger partial charge is 0.0972 e. The molecular formula is C13H21IN4. The van der Waals surface area contributed by atoms with Crippen molar-refractivity contribution >= 4 is 32.0 Å². The molecule has 5 N–H and O–H groups in total. The molecule has 0 radical (unpaired) electrons. The maximum atomic E-state index is 7.71. The predicted octanol–water partition coefficient (Wildman–Crippen LogP) is 2.73. The summed E-state index contributed by atoms with van der Waals surface area (Å²) < 4.78 is 0.443. The summed E-state index contributed by atoms with van der Waals surface area (Å²) >= 11 is 1.96. The van der Waals surface area contributed by atoms with Crippen LogP contribution in [0.1, 0.15) is 33.1 Å². The molecule has 1 atom stereocenters. The molecule has 4 nitrogen and oxygen atoms in total. The third kappa shape index (κ3) is 3.57. The van der Waals surface area contributed by atoms with Crippen LogP contribution in [0.5, 0.6) is 0 Å². The molecule has 0 heterocycles. The molecule has 0 aliphatic heterocycles. The van der Waals surface area contributed by atoms with Crippen LogP contribution >= 0.6 is 22.6 Å². The van der Waals surface area contributed by atoms with Crippen molar-refractivity contribution in [3.05, 3.63) is 23.5 Å². The molecule has 0 spiro atoms. The molecule has 1 aliphatic carbocycles. The fourth-order valence-corrected chi connectivity index (χ4v) is 2.66. The Morgan fingerprint density at radius 1 is 1.33 bits per heavy atom. The lowest BCUT2D eigenvalue weighted by Crippen LogP contribution is -2.21. The van der Waals surface area contributed by atoms with E-state index in [1.807, 2.05) is 36.4 Å². The van der Waals surface area contributed by atoms with Gasteiger partial charge in [0.25, 0.3) is 0 Å². The van der Waals surface area contributed by atoms with E-state index >= 15 is 0 Å². The van der Waals surface area contributed by atoms with E-state index in [0.29, 0.717) is 9.76 Å². The summed E-state index contributed by atoms with van der Waals surface area (Å²) in [5.41, 5.74) is 14.0. The van der Waals surface area contributed by atoms with Crippen LogP contribution in [0.2, 0.25) is 0 Å². The van der Waals surface area contributed by atoms with Gasteiger partial charge in [-0.05, 0) is 60.6 Å². The van der Waals surface area contributed by atoms with Gasteiger partial charge >= 0.3 is 0 Å². The molecule has 1 unspecified atom stereocenters. The predicted molar refractivity (Wildman–Crippen MR) is 86.2 cm³/mol. The largest absolute Gasteiger partial charge is 0.404 e. The molecular weight excluding hydrogens is 339 g/mol. The summed E-state index contributed by atoms with van der Waals surface area (Å²) in [7, 11) is 0. The Labute approximate surface area is 122 Å². The zero-order valence-corrected chi connectivity index (χ0v) is 13.1. The van der Waals surface area contributed by atoms with Crippen LogP contribution < -0.4 is 11.5 Å². The lowest BCUT2D eigenvalue weighted by Gasteiger charge is -2.24. The van der Waals surface area contributed by atoms with Crippen LogP contribution in [0.25, 0.3) is 0 Å². The van der Waals surface area contributed by atoms with Gasteiger partial charge in [0.05, 0.1) is 9.76 Å². The van der Waals surface area contributed by atoms with Crippen molar-refractivity contribution in [1.29, 1.82) is 5.41 Å². The normalized spacial score (nSPS) is 20.5. The van der Waals surface area contributed by atoms with Crippen molar-refractivity contribution in [3.8, 4) is 0 Å². The summed E-state index contributed by atoms with van der Waals surface area (Å²) in [6.07, 6.45) is 6.69. The van der Waals surface area contributed by atoms with Crippen molar-refractivity contribution in [2.24, 2.45) is 22.4 Å². The molecule has 1 saturated carbocycles. The van der Waals surface area contributed by atoms with Crippen molar-refractivity contribution in [1.82, 2.24) is 0 Å². The van der Waals surface area contributed by atoms with Crippen molar-refractivity contribution in [3.63, 3.8) is 0 Å². The Bertz CT molecular complexity index is 405. The maximum Gasteiger partial charge on any atom is 0.0972 e. The first-order chi connectivity index (χ1) is 8.51. The maximum absolute atomic E-state index is 7.71. The number of halogens is 1. The SMILES string of the molecule is CC(=NC1CCC1)C(=CN)C(C)C(=CN)C(=N)I. The highest BCUT2D eigenvalue weighted by Gasteiger charge is 2.21. The van der Waals surface area contributed by atoms with Crippen LogP contribution in [0.4, 0.5) is 0 Å². The van der Waals surface area contributed by atoms with Gasteiger partial charge in [-0.15, -0.1) is 0 Å². The van der Waals surface area contributed by atoms with Crippen LogP contribution in [0.15, 0.2) is 28.5 Å². The first kappa shape index (κ1) is 15.2. The molecule has 1 aliphatic rings. The van der Waals surface area contributed by atoms with Crippen LogP contribution in [-0.4, -0.2) is 15.5 Å². The Balaban J connectivity index is 2.89. The molecule has 1 fully saturated rings. The van der Waals surface area contributed by atoms with E-state index in [0.717, 1.165) is 16.9 Å². The van der Waals surface area contributed by atoms with E-state index in [1.165, 1.54) is 25.5 Å². The summed E-state index contributed by atoms with van der Waals surface area (Å²) in [6.45, 7) is 3.99. The average molecular weight is 360 g/mol. The number of nitrogens with zero attached hydrogens (tertiary/aromatic N) is 1. The molecule has 0 aromatic heterocycles. The fraction of sp³-hybridized carbons (Fsp3) is 0.538. The van der Waals surface area contributed by atoms with Gasteiger partial charge in [-0.1, -0.05) is 6.92 Å². The number of allylic oxidation sites excluding steroid dienone is 2. The van der Waals surface area contributed by atoms with Gasteiger partial charge < -0.3 is 11.5 Å². The van der Waals surface area contributed by atoms with Crippen molar-refractivity contribution in [2.45, 2.75) is 39.2 Å². The second-order valence-electron chi connectivity index (χ2n) is 4.58. The number of hydrogen-bond acceptors (Lipinski definition) is 4. The second-order valence-corrected chi connectivity index (χ2v) is 5.66. The van der Waals surface area contributed by atoms with Gasteiger partial charge in [0, 0.05) is 23.4 Å². The van der Waals surface area contributed by atoms with Gasteiger partial charge in [0.1, 0.15) is 0 Å². The molecule has 5 heteroatoms. The van der Waals surface area contributed by atoms with Crippen molar-refractivity contribution in [2.75, 3.05) is 0 Å². The Morgan fingerprint density at radius 2 is 1.89 bits per heavy atom. The van der Waals surface area contributed by atoms with Gasteiger partial charge in [-0.2, -0.15) is 0 Å². The van der Waals surface area contributed by atoms with Crippen LogP contribution in [-0.2, 0) is 0 Å². The second kappa shape index (κ2) is 6.92. The summed E-state index contributed by atoms with van der Waals surface area (Å²) in [4.78, 5) is 4.68. The van der Waals surface area contributed by atoms with E-state index in [4.69, 9.17) is 16.9 Å². The highest BCUT2D eigenvalue weighted by molar-refractivity contribution is 14.1. The highest BCUT2D eigenvalue weighted by atomic mass is 127. The van der Waals surface area contributed by atoms with Gasteiger partial charge in [-0.3, -0.25) is 10.4 Å². The van der Waals surface area contributed by atoms with Crippen molar-refractivity contribution < 1.29 is 0 Å². The van der Waals surface area contributed by atoms with Crippen LogP contribution in [0.3, 0.4) is 0 Å². The van der Waals surface area contributed by atoms with E-state index in [-0.39, 0.29) is 5.92 Å². The number of nitrogens with one attached hydrogen (secondary N) is 1. The topological polar surface area (TPSA) is 88.2 Å². The molecule has 18 heavy (non-hydrogen) atoms. The molecule has 1 rings (SSSR count). The summed E-state index contributed by atoms with van der Waals surface area (Å²) in [5.74, 6) is 0.00762. The quantitative estimate of drug-likeness (QED) is 0.520. The van der Waals surface area contributed by atoms with E-state index in [2.05, 4.69) is 4.99 Å². The molecule has 100 valence electrons. The van der Waals surface area contributed by atoms with Gasteiger partial charge in [0.15, 0.2) is 0 Å². The van der Waals surface area contributed by atoms with Gasteiger partial charge in [-0.25, -0.2) is 0 Å². The molecule has 0 saturated heterocycles. The third-order valence-electron chi connectivity index (χ3n) is 3.41. The molecule has 0 bridgehead atoms. The Morgan fingerprint density at radius 3 is 2.22 bits per heavy atom. The van der Waals surface area contributed by atoms with E-state index < -0.39 is 0 Å². The minimum absolute atomic E-state index is 0.00762. The third-order valence-corrected chi connectivity index (χ3v) is 4.04. The monoisotopic (exact) mass is 360 g/mol. The fourth-order valence-electron chi connectivity index (χ4n) is 2.02. The van der Waals surface area contributed by atoms with E-state index in [1.54, 1.807) is 6.20 Å². The minimum atomic E-state index is 0.00762. The first-order valence-electron chi connectivity index (χ1n) is 6.14. The summed E-state index contributed by atoms with van der Waals surface area (Å²) in [6, 6.07) is 0.455. The Hall–Kier alpha value is -0.850. The molecule has 0 aromatic carbocycles. The Kier molecular flexibility index (Phi) is 5.84. The lowest BCUT2D eigenvalue weighted by atomic mass is 9.90. The lowest BCUT2D eigenvalue weighted by molar-refractivity contribution is 0.420. The molecule has 0 amide bonds. The zero-order chi connectivity index (χ0) is 13.7. The average Bonchev–Trinajstić information content (AvgIpc) is 2.25. The number of rotatable bonds is 5. The zero-order valence-electron chi connectivity index (χ0n) is 10.9. The number of hydrogen-bond donors (Lipinski definition) is 3. The summed E-state index contributed by atoms with van der Waals surface area (Å²) in [5, 5.41) is 7.71. The number of aliphatic imine (C=N–C) groups is 1. The van der Waals surface area contributed by atoms with Crippen LogP contribution in [0, 0.1) is 11.3 Å². The first-order valence-corrected chi connectivity index (χ1v) is 7.21. The van der Waals surface area contributed by atoms with Gasteiger partial charge in [0.2, 0.25) is 0 Å². The minimum Gasteiger partial charge on any atom is -0.404 e.